The summed E-state index contributed by atoms with van der Waals surface area (Å²) in [6.07, 6.45) is 3.51. The van der Waals surface area contributed by atoms with E-state index in [0.29, 0.717) is 34.2 Å². The van der Waals surface area contributed by atoms with Gasteiger partial charge in [-0.3, -0.25) is 14.5 Å². The van der Waals surface area contributed by atoms with Crippen LogP contribution in [0.2, 0.25) is 0 Å². The fourth-order valence-corrected chi connectivity index (χ4v) is 4.68. The molecule has 184 valence electrons. The highest BCUT2D eigenvalue weighted by Crippen LogP contribution is 2.40. The van der Waals surface area contributed by atoms with E-state index in [1.807, 2.05) is 0 Å². The fourth-order valence-electron chi connectivity index (χ4n) is 4.68. The van der Waals surface area contributed by atoms with Crippen LogP contribution in [0.5, 0.6) is 17.2 Å². The lowest BCUT2D eigenvalue weighted by molar-refractivity contribution is -0.122. The second kappa shape index (κ2) is 10.2. The molecule has 2 aromatic carbocycles. The topological polar surface area (TPSA) is 104 Å². The second-order valence-electron chi connectivity index (χ2n) is 8.53. The predicted octanol–water partition coefficient (Wildman–Crippen LogP) is 3.97. The molecule has 0 aromatic heterocycles. The van der Waals surface area contributed by atoms with Crippen LogP contribution in [-0.2, 0) is 14.4 Å². The molecule has 1 aliphatic heterocycles. The average molecular weight is 481 g/mol. The van der Waals surface area contributed by atoms with Crippen molar-refractivity contribution in [3.05, 3.63) is 47.5 Å². The van der Waals surface area contributed by atoms with E-state index in [2.05, 4.69) is 5.16 Å². The highest BCUT2D eigenvalue weighted by atomic mass is 16.7. The van der Waals surface area contributed by atoms with Crippen molar-refractivity contribution in [1.29, 1.82) is 0 Å². The van der Waals surface area contributed by atoms with E-state index in [0.717, 1.165) is 25.7 Å². The van der Waals surface area contributed by atoms with E-state index < -0.39 is 5.97 Å². The van der Waals surface area contributed by atoms with Gasteiger partial charge in [0.1, 0.15) is 0 Å². The van der Waals surface area contributed by atoms with E-state index in [-0.39, 0.29) is 29.2 Å². The van der Waals surface area contributed by atoms with Gasteiger partial charge < -0.3 is 19.0 Å². The molecule has 1 heterocycles. The number of nitrogens with zero attached hydrogens (tertiary/aromatic N) is 2. The summed E-state index contributed by atoms with van der Waals surface area (Å²) in [7, 11) is 4.38. The van der Waals surface area contributed by atoms with Gasteiger partial charge in [0, 0.05) is 0 Å². The maximum atomic E-state index is 12.8. The Morgan fingerprint density at radius 3 is 1.89 bits per heavy atom. The maximum Gasteiger partial charge on any atom is 0.366 e. The molecule has 0 bridgehead atoms. The number of imide groups is 1. The summed E-state index contributed by atoms with van der Waals surface area (Å²) in [4.78, 5) is 44.6. The summed E-state index contributed by atoms with van der Waals surface area (Å²) in [6, 6.07) is 9.86. The Hall–Kier alpha value is -3.88. The van der Waals surface area contributed by atoms with Gasteiger partial charge in [0.05, 0.1) is 50.1 Å². The Morgan fingerprint density at radius 2 is 1.40 bits per heavy atom. The summed E-state index contributed by atoms with van der Waals surface area (Å²) < 4.78 is 15.8. The Kier molecular flexibility index (Phi) is 7.04. The molecule has 2 aliphatic rings. The van der Waals surface area contributed by atoms with Crippen molar-refractivity contribution < 1.29 is 33.4 Å². The molecule has 9 nitrogen and oxygen atoms in total. The Morgan fingerprint density at radius 1 is 0.857 bits per heavy atom. The molecule has 2 amide bonds. The van der Waals surface area contributed by atoms with Gasteiger partial charge in [0.25, 0.3) is 0 Å². The molecular weight excluding hydrogens is 452 g/mol. The number of fused-ring (bicyclic) bond motifs is 1. The molecule has 1 saturated carbocycles. The lowest BCUT2D eigenvalue weighted by Crippen LogP contribution is -2.30. The largest absolute Gasteiger partial charge is 0.493 e. The van der Waals surface area contributed by atoms with Crippen LogP contribution in [-0.4, -0.2) is 44.8 Å². The molecule has 0 N–H and O–H groups in total. The van der Waals surface area contributed by atoms with Crippen LogP contribution in [0.25, 0.3) is 0 Å². The highest BCUT2D eigenvalue weighted by molar-refractivity contribution is 6.22. The van der Waals surface area contributed by atoms with Crippen molar-refractivity contribution in [2.24, 2.45) is 17.0 Å². The first kappa shape index (κ1) is 24.3. The van der Waals surface area contributed by atoms with Crippen LogP contribution in [0.1, 0.15) is 48.5 Å². The van der Waals surface area contributed by atoms with Crippen LogP contribution in [0.15, 0.2) is 41.6 Å². The third-order valence-electron chi connectivity index (χ3n) is 6.55. The number of carbonyl (C=O) groups is 3. The predicted molar refractivity (Wildman–Crippen MR) is 128 cm³/mol. The normalized spacial score (nSPS) is 19.9. The average Bonchev–Trinajstić information content (AvgIpc) is 3.15. The number of hydrogen-bond acceptors (Lipinski definition) is 8. The van der Waals surface area contributed by atoms with E-state index in [9.17, 15) is 14.4 Å². The lowest BCUT2D eigenvalue weighted by Gasteiger charge is -2.19. The van der Waals surface area contributed by atoms with Gasteiger partial charge in [0.2, 0.25) is 17.6 Å². The molecule has 2 aromatic rings. The van der Waals surface area contributed by atoms with Crippen molar-refractivity contribution in [2.45, 2.75) is 32.6 Å². The number of benzene rings is 2. The third kappa shape index (κ3) is 4.58. The lowest BCUT2D eigenvalue weighted by atomic mass is 9.81. The number of carbonyl (C=O) groups excluding carboxylic acids is 3. The third-order valence-corrected chi connectivity index (χ3v) is 6.55. The van der Waals surface area contributed by atoms with Crippen LogP contribution >= 0.6 is 0 Å². The number of anilines is 1. The minimum Gasteiger partial charge on any atom is -0.493 e. The first-order valence-corrected chi connectivity index (χ1v) is 11.4. The van der Waals surface area contributed by atoms with Crippen LogP contribution < -0.4 is 19.1 Å². The van der Waals surface area contributed by atoms with Crippen LogP contribution in [0.4, 0.5) is 5.69 Å². The summed E-state index contributed by atoms with van der Waals surface area (Å²) in [6.45, 7) is 1.69. The van der Waals surface area contributed by atoms with Gasteiger partial charge in [-0.2, -0.15) is 0 Å². The molecule has 35 heavy (non-hydrogen) atoms. The minimum absolute atomic E-state index is 0.114. The zero-order valence-electron chi connectivity index (χ0n) is 20.2. The van der Waals surface area contributed by atoms with E-state index >= 15 is 0 Å². The summed E-state index contributed by atoms with van der Waals surface area (Å²) in [5.41, 5.74) is 1.85. The van der Waals surface area contributed by atoms with Crippen molar-refractivity contribution >= 4 is 29.2 Å². The van der Waals surface area contributed by atoms with Crippen LogP contribution in [0.3, 0.4) is 0 Å². The maximum absolute atomic E-state index is 12.8. The van der Waals surface area contributed by atoms with Gasteiger partial charge in [-0.1, -0.05) is 30.1 Å². The van der Waals surface area contributed by atoms with Crippen molar-refractivity contribution in [2.75, 3.05) is 26.2 Å². The Balaban J connectivity index is 1.48. The van der Waals surface area contributed by atoms with Gasteiger partial charge in [0.15, 0.2) is 11.5 Å². The number of methoxy groups -OCH3 is 3. The molecule has 4 rings (SSSR count). The van der Waals surface area contributed by atoms with Gasteiger partial charge >= 0.3 is 5.97 Å². The number of hydrogen-bond donors (Lipinski definition) is 0. The SMILES string of the molecule is COc1cc(C(=O)O/N=C(/C)c2ccc(N3C(=O)C4CCCCC4C3=O)cc2)cc(OC)c1OC. The zero-order valence-corrected chi connectivity index (χ0v) is 20.2. The molecule has 9 heteroatoms. The summed E-state index contributed by atoms with van der Waals surface area (Å²) in [5.74, 6) is -0.324. The molecule has 2 fully saturated rings. The Labute approximate surface area is 203 Å². The minimum atomic E-state index is -0.698. The summed E-state index contributed by atoms with van der Waals surface area (Å²) >= 11 is 0. The molecule has 0 radical (unpaired) electrons. The van der Waals surface area contributed by atoms with Crippen molar-refractivity contribution in [3.8, 4) is 17.2 Å². The monoisotopic (exact) mass is 480 g/mol. The quantitative estimate of drug-likeness (QED) is 0.256. The van der Waals surface area contributed by atoms with Gasteiger partial charge in [-0.05, 0) is 49.6 Å². The fraction of sp³-hybridized carbons (Fsp3) is 0.385. The first-order chi connectivity index (χ1) is 16.9. The van der Waals surface area contributed by atoms with Crippen LogP contribution in [0, 0.1) is 11.8 Å². The Bertz CT molecular complexity index is 1120. The van der Waals surface area contributed by atoms with E-state index in [4.69, 9.17) is 19.0 Å². The van der Waals surface area contributed by atoms with E-state index in [1.54, 1.807) is 31.2 Å². The number of oxime groups is 1. The molecule has 1 aliphatic carbocycles. The molecule has 2 atom stereocenters. The molecular formula is C26H28N2O7. The standard InChI is InChI=1S/C26H28N2O7/c1-15(27-35-26(31)17-13-21(32-2)23(34-4)22(14-17)33-3)16-9-11-18(12-10-16)28-24(29)19-7-5-6-8-20(19)25(28)30/h9-14,19-20H,5-8H2,1-4H3/b27-15-. The van der Waals surface area contributed by atoms with E-state index in [1.165, 1.54) is 38.4 Å². The van der Waals surface area contributed by atoms with Crippen molar-refractivity contribution in [1.82, 2.24) is 0 Å². The van der Waals surface area contributed by atoms with Gasteiger partial charge in [-0.25, -0.2) is 4.79 Å². The summed E-state index contributed by atoms with van der Waals surface area (Å²) in [5, 5.41) is 3.95. The second-order valence-corrected chi connectivity index (χ2v) is 8.53. The first-order valence-electron chi connectivity index (χ1n) is 11.4. The number of ether oxygens (including phenoxy) is 3. The van der Waals surface area contributed by atoms with Crippen molar-refractivity contribution in [3.63, 3.8) is 0 Å². The molecule has 1 saturated heterocycles. The smallest absolute Gasteiger partial charge is 0.366 e. The highest BCUT2D eigenvalue weighted by Gasteiger charge is 2.48. The number of amides is 2. The van der Waals surface area contributed by atoms with Gasteiger partial charge in [-0.15, -0.1) is 0 Å². The number of rotatable bonds is 7. The molecule has 2 unspecified atom stereocenters. The zero-order chi connectivity index (χ0) is 25.1. The molecule has 0 spiro atoms.